The lowest BCUT2D eigenvalue weighted by molar-refractivity contribution is 0.725. The molecule has 1 saturated heterocycles. The summed E-state index contributed by atoms with van der Waals surface area (Å²) < 4.78 is 0. The summed E-state index contributed by atoms with van der Waals surface area (Å²) in [6.45, 7) is 2.37. The van der Waals surface area contributed by atoms with E-state index in [1.165, 1.54) is 44.1 Å². The molecule has 2 aromatic rings. The van der Waals surface area contributed by atoms with Crippen LogP contribution in [0.25, 0.3) is 0 Å². The van der Waals surface area contributed by atoms with Gasteiger partial charge < -0.3 is 0 Å². The number of hydrogen-bond donors (Lipinski definition) is 0. The highest BCUT2D eigenvalue weighted by molar-refractivity contribution is 8.15. The van der Waals surface area contributed by atoms with Crippen molar-refractivity contribution in [2.24, 2.45) is 5.92 Å². The normalized spacial score (nSPS) is 27.7. The molecule has 0 radical (unpaired) electrons. The van der Waals surface area contributed by atoms with Crippen LogP contribution in [0.5, 0.6) is 0 Å². The summed E-state index contributed by atoms with van der Waals surface area (Å²) in [5, 5.41) is 1.02. The third-order valence-electron chi connectivity index (χ3n) is 5.84. The van der Waals surface area contributed by atoms with Gasteiger partial charge in [-0.1, -0.05) is 90.4 Å². The first-order chi connectivity index (χ1) is 15.2. The molecule has 3 aliphatic heterocycles. The fourth-order valence-electron chi connectivity index (χ4n) is 4.42. The first-order valence-corrected chi connectivity index (χ1v) is 15.4. The molecule has 7 rings (SSSR count). The summed E-state index contributed by atoms with van der Waals surface area (Å²) in [4.78, 5) is 14.6. The Morgan fingerprint density at radius 1 is 0.806 bits per heavy atom. The summed E-state index contributed by atoms with van der Waals surface area (Å²) in [5.74, 6) is 0.602. The van der Waals surface area contributed by atoms with E-state index < -0.39 is 0 Å². The van der Waals surface area contributed by atoms with Crippen molar-refractivity contribution in [1.29, 1.82) is 0 Å². The molecular formula is C25H18S6. The lowest BCUT2D eigenvalue weighted by Gasteiger charge is -2.38. The molecule has 0 spiro atoms. The van der Waals surface area contributed by atoms with Crippen molar-refractivity contribution < 1.29 is 0 Å². The maximum absolute atomic E-state index is 2.52. The lowest BCUT2D eigenvalue weighted by atomic mass is 10.0. The predicted octanol–water partition coefficient (Wildman–Crippen LogP) is 9.31. The van der Waals surface area contributed by atoms with Gasteiger partial charge in [-0.15, -0.1) is 23.5 Å². The van der Waals surface area contributed by atoms with Crippen LogP contribution in [-0.4, -0.2) is 10.5 Å². The van der Waals surface area contributed by atoms with Gasteiger partial charge in [0.1, 0.15) is 0 Å². The molecule has 0 nitrogen and oxygen atoms in total. The van der Waals surface area contributed by atoms with Crippen LogP contribution in [-0.2, 0) is 0 Å². The predicted molar refractivity (Wildman–Crippen MR) is 142 cm³/mol. The van der Waals surface area contributed by atoms with Crippen molar-refractivity contribution in [3.05, 3.63) is 80.3 Å². The van der Waals surface area contributed by atoms with Crippen LogP contribution < -0.4 is 0 Å². The molecule has 2 aromatic carbocycles. The Kier molecular flexibility index (Phi) is 5.00. The molecule has 2 aliphatic carbocycles. The number of allylic oxidation sites excluding steroid dienone is 4. The van der Waals surface area contributed by atoms with E-state index in [-0.39, 0.29) is 0 Å². The SMILES string of the molecule is CC1C=C2SC3C=CC=C4Sc5cccc6c5Sc5c(cccc5S6)SC(=C2SC43)C1. The molecule has 6 heteroatoms. The molecule has 3 unspecified atom stereocenters. The summed E-state index contributed by atoms with van der Waals surface area (Å²) >= 11 is 12.1. The van der Waals surface area contributed by atoms with Gasteiger partial charge in [-0.05, 0) is 36.6 Å². The van der Waals surface area contributed by atoms with Crippen molar-refractivity contribution in [2.45, 2.75) is 53.2 Å². The van der Waals surface area contributed by atoms with E-state index in [0.29, 0.717) is 16.4 Å². The number of rotatable bonds is 0. The second-order valence-electron chi connectivity index (χ2n) is 8.11. The summed E-state index contributed by atoms with van der Waals surface area (Å²) in [7, 11) is 0. The average Bonchev–Trinajstić information content (AvgIpc) is 2.77. The molecule has 3 heterocycles. The topological polar surface area (TPSA) is 0 Å². The van der Waals surface area contributed by atoms with Crippen LogP contribution in [0.3, 0.4) is 0 Å². The van der Waals surface area contributed by atoms with E-state index in [9.17, 15) is 0 Å². The molecule has 5 aliphatic rings. The van der Waals surface area contributed by atoms with Crippen LogP contribution in [0.15, 0.2) is 110 Å². The van der Waals surface area contributed by atoms with Gasteiger partial charge in [0.2, 0.25) is 0 Å². The smallest absolute Gasteiger partial charge is 0.0565 e. The van der Waals surface area contributed by atoms with Gasteiger partial charge in [0.25, 0.3) is 0 Å². The highest BCUT2D eigenvalue weighted by atomic mass is 32.2. The van der Waals surface area contributed by atoms with Crippen molar-refractivity contribution in [3.63, 3.8) is 0 Å². The molecule has 0 aromatic heterocycles. The van der Waals surface area contributed by atoms with Crippen molar-refractivity contribution in [3.8, 4) is 0 Å². The van der Waals surface area contributed by atoms with E-state index in [0.717, 1.165) is 6.42 Å². The Morgan fingerprint density at radius 3 is 2.29 bits per heavy atom. The van der Waals surface area contributed by atoms with Gasteiger partial charge in [0.15, 0.2) is 0 Å². The Morgan fingerprint density at radius 2 is 1.52 bits per heavy atom. The zero-order valence-corrected chi connectivity index (χ0v) is 21.6. The minimum Gasteiger partial charge on any atom is -0.116 e. The maximum Gasteiger partial charge on any atom is 0.0565 e. The highest BCUT2D eigenvalue weighted by Crippen LogP contribution is 2.61. The zero-order valence-electron chi connectivity index (χ0n) is 16.7. The van der Waals surface area contributed by atoms with Crippen molar-refractivity contribution >= 4 is 70.6 Å². The zero-order chi connectivity index (χ0) is 20.5. The number of hydrogen-bond acceptors (Lipinski definition) is 6. The van der Waals surface area contributed by atoms with Crippen LogP contribution >= 0.6 is 70.6 Å². The standard InChI is InChI=1S/C25H18S6/c1-13-11-20-25-21(12-13)29-19-10-4-8-17(24(19)31-25)27-15-6-2-5-14-22(15)30-23-16(26-14)7-3-9-18(23)28-20/h2-10,12-13,19,24H,11H2,1H3. The second kappa shape index (κ2) is 7.78. The van der Waals surface area contributed by atoms with E-state index in [1.807, 2.05) is 47.0 Å². The van der Waals surface area contributed by atoms with E-state index in [1.54, 1.807) is 4.91 Å². The Balaban J connectivity index is 1.46. The van der Waals surface area contributed by atoms with Crippen molar-refractivity contribution in [1.82, 2.24) is 0 Å². The molecule has 4 bridgehead atoms. The highest BCUT2D eigenvalue weighted by Gasteiger charge is 2.38. The van der Waals surface area contributed by atoms with Crippen molar-refractivity contribution in [2.75, 3.05) is 0 Å². The van der Waals surface area contributed by atoms with Gasteiger partial charge >= 0.3 is 0 Å². The molecule has 3 atom stereocenters. The van der Waals surface area contributed by atoms with Gasteiger partial charge in [-0.3, -0.25) is 0 Å². The first kappa shape index (κ1) is 19.9. The van der Waals surface area contributed by atoms with Gasteiger partial charge in [-0.2, -0.15) is 0 Å². The monoisotopic (exact) mass is 510 g/mol. The summed E-state index contributed by atoms with van der Waals surface area (Å²) in [5.41, 5.74) is 0. The fourth-order valence-corrected chi connectivity index (χ4v) is 13.2. The Labute approximate surface area is 208 Å². The van der Waals surface area contributed by atoms with Gasteiger partial charge in [0, 0.05) is 54.2 Å². The van der Waals surface area contributed by atoms with Crippen LogP contribution in [0.1, 0.15) is 13.3 Å². The quantitative estimate of drug-likeness (QED) is 0.293. The average molecular weight is 511 g/mol. The molecule has 0 N–H and O–H groups in total. The minimum absolute atomic E-state index is 0.499. The summed E-state index contributed by atoms with van der Waals surface area (Å²) in [6.07, 6.45) is 10.7. The van der Waals surface area contributed by atoms with Gasteiger partial charge in [-0.25, -0.2) is 0 Å². The Bertz CT molecular complexity index is 1250. The van der Waals surface area contributed by atoms with Crippen LogP contribution in [0.2, 0.25) is 0 Å². The molecular weight excluding hydrogens is 493 g/mol. The molecule has 0 saturated carbocycles. The van der Waals surface area contributed by atoms with Gasteiger partial charge in [0.05, 0.1) is 5.25 Å². The third kappa shape index (κ3) is 3.36. The van der Waals surface area contributed by atoms with E-state index in [2.05, 4.69) is 91.1 Å². The third-order valence-corrected chi connectivity index (χ3v) is 14.5. The maximum atomic E-state index is 2.52. The molecule has 31 heavy (non-hydrogen) atoms. The molecule has 154 valence electrons. The Hall–Kier alpha value is -0.500. The number of thioether (sulfide) groups is 4. The van der Waals surface area contributed by atoms with E-state index in [4.69, 9.17) is 0 Å². The lowest BCUT2D eigenvalue weighted by Crippen LogP contribution is -2.27. The summed E-state index contributed by atoms with van der Waals surface area (Å²) in [6, 6.07) is 13.7. The minimum atomic E-state index is 0.499. The fraction of sp³-hybridized carbons (Fsp3) is 0.200. The first-order valence-electron chi connectivity index (χ1n) is 10.4. The largest absolute Gasteiger partial charge is 0.116 e. The van der Waals surface area contributed by atoms with E-state index >= 15 is 0 Å². The molecule has 0 amide bonds. The molecule has 1 fully saturated rings. The van der Waals surface area contributed by atoms with Crippen LogP contribution in [0, 0.1) is 5.92 Å². The second-order valence-corrected chi connectivity index (χ2v) is 14.8. The number of benzene rings is 2. The van der Waals surface area contributed by atoms with Crippen LogP contribution in [0.4, 0.5) is 0 Å².